The summed E-state index contributed by atoms with van der Waals surface area (Å²) >= 11 is 0. The van der Waals surface area contributed by atoms with Crippen LogP contribution < -0.4 is 5.32 Å². The number of rotatable bonds is 3. The van der Waals surface area contributed by atoms with E-state index in [-0.39, 0.29) is 5.82 Å². The fourth-order valence-electron chi connectivity index (χ4n) is 1.94. The first kappa shape index (κ1) is 10.2. The van der Waals surface area contributed by atoms with Crippen molar-refractivity contribution in [2.24, 2.45) is 0 Å². The SMILES string of the molecule is CC1=CN[C@@H](CCc2ccc(F)cc2)C1. The summed E-state index contributed by atoms with van der Waals surface area (Å²) < 4.78 is 12.7. The first-order valence-electron chi connectivity index (χ1n) is 5.40. The van der Waals surface area contributed by atoms with E-state index in [1.807, 2.05) is 12.1 Å². The van der Waals surface area contributed by atoms with Crippen molar-refractivity contribution in [3.05, 3.63) is 47.4 Å². The van der Waals surface area contributed by atoms with Gasteiger partial charge in [-0.25, -0.2) is 4.39 Å². The molecule has 0 unspecified atom stereocenters. The molecule has 0 amide bonds. The fraction of sp³-hybridized carbons (Fsp3) is 0.385. The third kappa shape index (κ3) is 2.82. The molecule has 1 N–H and O–H groups in total. The van der Waals surface area contributed by atoms with Crippen LogP contribution >= 0.6 is 0 Å². The molecule has 80 valence electrons. The number of aryl methyl sites for hydroxylation is 1. The lowest BCUT2D eigenvalue weighted by atomic mass is 10.0. The Morgan fingerprint density at radius 1 is 1.33 bits per heavy atom. The molecule has 0 bridgehead atoms. The van der Waals surface area contributed by atoms with Gasteiger partial charge in [0, 0.05) is 6.04 Å². The van der Waals surface area contributed by atoms with Gasteiger partial charge in [-0.1, -0.05) is 17.7 Å². The molecule has 0 saturated heterocycles. The molecule has 1 aromatic carbocycles. The van der Waals surface area contributed by atoms with E-state index < -0.39 is 0 Å². The largest absolute Gasteiger partial charge is 0.388 e. The summed E-state index contributed by atoms with van der Waals surface area (Å²) in [5.74, 6) is -0.157. The minimum absolute atomic E-state index is 0.157. The second-order valence-corrected chi connectivity index (χ2v) is 4.22. The van der Waals surface area contributed by atoms with Gasteiger partial charge >= 0.3 is 0 Å². The average molecular weight is 205 g/mol. The lowest BCUT2D eigenvalue weighted by Crippen LogP contribution is -2.19. The van der Waals surface area contributed by atoms with E-state index in [2.05, 4.69) is 18.4 Å². The fourth-order valence-corrected chi connectivity index (χ4v) is 1.94. The maximum absolute atomic E-state index is 12.7. The first-order valence-corrected chi connectivity index (χ1v) is 5.40. The van der Waals surface area contributed by atoms with Crippen LogP contribution in [0.2, 0.25) is 0 Å². The van der Waals surface area contributed by atoms with Gasteiger partial charge in [0.15, 0.2) is 0 Å². The highest BCUT2D eigenvalue weighted by Gasteiger charge is 2.12. The topological polar surface area (TPSA) is 12.0 Å². The van der Waals surface area contributed by atoms with Crippen molar-refractivity contribution in [3.63, 3.8) is 0 Å². The quantitative estimate of drug-likeness (QED) is 0.799. The normalized spacial score (nSPS) is 19.9. The lowest BCUT2D eigenvalue weighted by Gasteiger charge is -2.10. The average Bonchev–Trinajstić information content (AvgIpc) is 2.64. The molecule has 1 aliphatic rings. The zero-order valence-corrected chi connectivity index (χ0v) is 8.96. The number of hydrogen-bond acceptors (Lipinski definition) is 1. The van der Waals surface area contributed by atoms with E-state index in [0.717, 1.165) is 19.3 Å². The zero-order chi connectivity index (χ0) is 10.7. The first-order chi connectivity index (χ1) is 7.24. The highest BCUT2D eigenvalue weighted by atomic mass is 19.1. The van der Waals surface area contributed by atoms with E-state index in [4.69, 9.17) is 0 Å². The summed E-state index contributed by atoms with van der Waals surface area (Å²) in [6.45, 7) is 2.14. The molecule has 0 fully saturated rings. The smallest absolute Gasteiger partial charge is 0.123 e. The van der Waals surface area contributed by atoms with Crippen molar-refractivity contribution in [1.29, 1.82) is 0 Å². The van der Waals surface area contributed by atoms with Crippen molar-refractivity contribution >= 4 is 0 Å². The van der Waals surface area contributed by atoms with Gasteiger partial charge in [-0.3, -0.25) is 0 Å². The van der Waals surface area contributed by atoms with E-state index >= 15 is 0 Å². The second kappa shape index (κ2) is 4.47. The van der Waals surface area contributed by atoms with Crippen LogP contribution in [0.15, 0.2) is 36.0 Å². The van der Waals surface area contributed by atoms with Crippen molar-refractivity contribution in [2.75, 3.05) is 0 Å². The molecule has 1 nitrogen and oxygen atoms in total. The minimum atomic E-state index is -0.157. The summed E-state index contributed by atoms with van der Waals surface area (Å²) in [5.41, 5.74) is 2.63. The van der Waals surface area contributed by atoms with Crippen molar-refractivity contribution < 1.29 is 4.39 Å². The van der Waals surface area contributed by atoms with Crippen molar-refractivity contribution in [3.8, 4) is 0 Å². The Bertz CT molecular complexity index is 353. The summed E-state index contributed by atoms with van der Waals surface area (Å²) in [6.07, 6.45) is 5.36. The highest BCUT2D eigenvalue weighted by molar-refractivity contribution is 5.17. The molecule has 0 radical (unpaired) electrons. The van der Waals surface area contributed by atoms with Gasteiger partial charge in [0.1, 0.15) is 5.82 Å². The zero-order valence-electron chi connectivity index (χ0n) is 8.96. The molecule has 1 aromatic rings. The van der Waals surface area contributed by atoms with Crippen LogP contribution in [0, 0.1) is 5.82 Å². The van der Waals surface area contributed by atoms with Crippen LogP contribution in [0.25, 0.3) is 0 Å². The Labute approximate surface area is 90.0 Å². The predicted molar refractivity (Wildman–Crippen MR) is 60.0 cm³/mol. The number of halogens is 1. The lowest BCUT2D eigenvalue weighted by molar-refractivity contribution is 0.570. The van der Waals surface area contributed by atoms with Crippen LogP contribution in [0.5, 0.6) is 0 Å². The Hall–Kier alpha value is -1.31. The van der Waals surface area contributed by atoms with Gasteiger partial charge in [-0.2, -0.15) is 0 Å². The number of nitrogens with one attached hydrogen (secondary N) is 1. The van der Waals surface area contributed by atoms with Crippen molar-refractivity contribution in [2.45, 2.75) is 32.2 Å². The molecule has 15 heavy (non-hydrogen) atoms. The Balaban J connectivity index is 1.81. The molecule has 0 spiro atoms. The molecule has 2 heteroatoms. The van der Waals surface area contributed by atoms with Gasteiger partial charge in [0.05, 0.1) is 0 Å². The number of benzene rings is 1. The van der Waals surface area contributed by atoms with Crippen LogP contribution in [0.4, 0.5) is 4.39 Å². The van der Waals surface area contributed by atoms with Gasteiger partial charge in [0.25, 0.3) is 0 Å². The third-order valence-corrected chi connectivity index (χ3v) is 2.83. The third-order valence-electron chi connectivity index (χ3n) is 2.83. The molecule has 1 aliphatic heterocycles. The van der Waals surface area contributed by atoms with Gasteiger partial charge < -0.3 is 5.32 Å². The Kier molecular flexibility index (Phi) is 3.05. The van der Waals surface area contributed by atoms with E-state index in [1.54, 1.807) is 0 Å². The predicted octanol–water partition coefficient (Wildman–Crippen LogP) is 3.02. The monoisotopic (exact) mass is 205 g/mol. The van der Waals surface area contributed by atoms with E-state index in [0.29, 0.717) is 6.04 Å². The van der Waals surface area contributed by atoms with E-state index in [1.165, 1.54) is 23.3 Å². The highest BCUT2D eigenvalue weighted by Crippen LogP contribution is 2.16. The van der Waals surface area contributed by atoms with Crippen LogP contribution in [-0.4, -0.2) is 6.04 Å². The Morgan fingerprint density at radius 2 is 2.07 bits per heavy atom. The molecular weight excluding hydrogens is 189 g/mol. The molecule has 0 saturated carbocycles. The van der Waals surface area contributed by atoms with Crippen molar-refractivity contribution in [1.82, 2.24) is 5.32 Å². The standard InChI is InChI=1S/C13H16FN/c1-10-8-13(15-9-10)7-4-11-2-5-12(14)6-3-11/h2-3,5-6,9,13,15H,4,7-8H2,1H3/t13-/m0/s1. The summed E-state index contributed by atoms with van der Waals surface area (Å²) in [7, 11) is 0. The van der Waals surface area contributed by atoms with Gasteiger partial charge in [-0.05, 0) is 50.1 Å². The van der Waals surface area contributed by atoms with Gasteiger partial charge in [0.2, 0.25) is 0 Å². The maximum atomic E-state index is 12.7. The molecule has 1 atom stereocenters. The van der Waals surface area contributed by atoms with E-state index in [9.17, 15) is 4.39 Å². The molecule has 0 aromatic heterocycles. The van der Waals surface area contributed by atoms with Gasteiger partial charge in [-0.15, -0.1) is 0 Å². The molecular formula is C13H16FN. The Morgan fingerprint density at radius 3 is 2.67 bits per heavy atom. The number of hydrogen-bond donors (Lipinski definition) is 1. The van der Waals surface area contributed by atoms with Crippen LogP contribution in [-0.2, 0) is 6.42 Å². The van der Waals surface area contributed by atoms with Crippen LogP contribution in [0.1, 0.15) is 25.3 Å². The maximum Gasteiger partial charge on any atom is 0.123 e. The summed E-state index contributed by atoms with van der Waals surface area (Å²) in [5, 5.41) is 3.35. The molecule has 1 heterocycles. The minimum Gasteiger partial charge on any atom is -0.388 e. The molecule has 0 aliphatic carbocycles. The summed E-state index contributed by atoms with van der Waals surface area (Å²) in [6, 6.07) is 7.35. The molecule has 2 rings (SSSR count). The van der Waals surface area contributed by atoms with Crippen LogP contribution in [0.3, 0.4) is 0 Å². The summed E-state index contributed by atoms with van der Waals surface area (Å²) in [4.78, 5) is 0. The second-order valence-electron chi connectivity index (χ2n) is 4.22.